The van der Waals surface area contributed by atoms with Crippen molar-refractivity contribution in [1.82, 2.24) is 9.97 Å². The molecular weight excluding hydrogens is 859 g/mol. The molecule has 348 valence electrons. The van der Waals surface area contributed by atoms with E-state index in [2.05, 4.69) is 258 Å². The van der Waals surface area contributed by atoms with Crippen LogP contribution >= 0.6 is 11.3 Å². The van der Waals surface area contributed by atoms with Gasteiger partial charge in [-0.25, -0.2) is 9.97 Å². The van der Waals surface area contributed by atoms with Gasteiger partial charge in [-0.05, 0) is 121 Å². The number of aromatic hydroxyl groups is 1. The van der Waals surface area contributed by atoms with E-state index in [1.807, 2.05) is 0 Å². The van der Waals surface area contributed by atoms with Crippen LogP contribution in [0.15, 0.2) is 170 Å². The zero-order valence-electron chi connectivity index (χ0n) is 42.4. The average Bonchev–Trinajstić information content (AvgIpc) is 3.76. The predicted molar refractivity (Wildman–Crippen MR) is 296 cm³/mol. The maximum atomic E-state index is 12.6. The molecule has 69 heavy (non-hydrogen) atoms. The summed E-state index contributed by atoms with van der Waals surface area (Å²) in [4.78, 5) is 13.3. The minimum atomic E-state index is -0.335. The first kappa shape index (κ1) is 47.3. The summed E-state index contributed by atoms with van der Waals surface area (Å²) in [6.07, 6.45) is 0. The van der Waals surface area contributed by atoms with Crippen LogP contribution < -0.4 is 4.90 Å². The van der Waals surface area contributed by atoms with Gasteiger partial charge in [0.15, 0.2) is 0 Å². The van der Waals surface area contributed by atoms with Crippen molar-refractivity contribution in [3.8, 4) is 61.0 Å². The maximum Gasteiger partial charge on any atom is 0.138 e. The first-order chi connectivity index (χ1) is 32.6. The van der Waals surface area contributed by atoms with Crippen LogP contribution in [0.1, 0.15) is 105 Å². The van der Waals surface area contributed by atoms with Crippen molar-refractivity contribution < 1.29 is 5.11 Å². The van der Waals surface area contributed by atoms with Crippen LogP contribution in [0, 0.1) is 0 Å². The van der Waals surface area contributed by atoms with Crippen molar-refractivity contribution in [3.05, 3.63) is 192 Å². The van der Waals surface area contributed by atoms with Crippen molar-refractivity contribution in [1.29, 1.82) is 0 Å². The molecule has 5 heteroatoms. The molecule has 0 atom stereocenters. The molecule has 0 saturated heterocycles. The lowest BCUT2D eigenvalue weighted by molar-refractivity contribution is 0.446. The number of para-hydroxylation sites is 2. The minimum Gasteiger partial charge on any atom is -0.507 e. The fraction of sp³-hybridized carbons (Fsp3) is 0.250. The van der Waals surface area contributed by atoms with Crippen molar-refractivity contribution in [2.45, 2.75) is 105 Å². The van der Waals surface area contributed by atoms with E-state index in [0.717, 1.165) is 82.5 Å². The Balaban J connectivity index is 1.42. The summed E-state index contributed by atoms with van der Waals surface area (Å²) in [5.74, 6) is 0.980. The summed E-state index contributed by atoms with van der Waals surface area (Å²) >= 11 is 1.71. The quantitative estimate of drug-likeness (QED) is 0.165. The fourth-order valence-electron chi connectivity index (χ4n) is 9.01. The third kappa shape index (κ3) is 9.89. The number of hydrogen-bond donors (Lipinski definition) is 1. The van der Waals surface area contributed by atoms with Crippen LogP contribution in [-0.4, -0.2) is 15.1 Å². The van der Waals surface area contributed by atoms with Crippen LogP contribution in [-0.2, 0) is 21.7 Å². The smallest absolute Gasteiger partial charge is 0.138 e. The van der Waals surface area contributed by atoms with Gasteiger partial charge in [0.05, 0.1) is 21.6 Å². The summed E-state index contributed by atoms with van der Waals surface area (Å²) < 4.78 is 1.14. The first-order valence-electron chi connectivity index (χ1n) is 24.2. The van der Waals surface area contributed by atoms with Gasteiger partial charge in [-0.15, -0.1) is 11.3 Å². The third-order valence-electron chi connectivity index (χ3n) is 13.2. The number of fused-ring (bicyclic) bond motifs is 1. The molecule has 9 aromatic rings. The topological polar surface area (TPSA) is 49.3 Å². The third-order valence-corrected chi connectivity index (χ3v) is 14.2. The Morgan fingerprint density at radius 3 is 1.58 bits per heavy atom. The van der Waals surface area contributed by atoms with Crippen molar-refractivity contribution in [3.63, 3.8) is 0 Å². The molecule has 0 fully saturated rings. The van der Waals surface area contributed by atoms with Gasteiger partial charge in [-0.3, -0.25) is 4.90 Å². The molecule has 0 spiro atoms. The van der Waals surface area contributed by atoms with E-state index in [0.29, 0.717) is 11.3 Å². The number of phenolic OH excluding ortho intramolecular Hbond substituents is 1. The fourth-order valence-corrected chi connectivity index (χ4v) is 9.96. The number of aromatic nitrogens is 2. The summed E-state index contributed by atoms with van der Waals surface area (Å²) in [5.41, 5.74) is 15.6. The number of benzene rings is 7. The van der Waals surface area contributed by atoms with E-state index in [4.69, 9.17) is 9.97 Å². The molecule has 9 rings (SSSR count). The molecule has 1 N–H and O–H groups in total. The number of nitrogens with zero attached hydrogens (tertiary/aromatic N) is 3. The lowest BCUT2D eigenvalue weighted by Crippen LogP contribution is -2.17. The molecule has 0 aliphatic carbocycles. The zero-order valence-corrected chi connectivity index (χ0v) is 43.2. The molecular formula is C64H65N3OS. The van der Waals surface area contributed by atoms with Crippen LogP contribution in [0.5, 0.6) is 5.75 Å². The molecule has 7 aromatic carbocycles. The second-order valence-electron chi connectivity index (χ2n) is 22.7. The second-order valence-corrected chi connectivity index (χ2v) is 23.7. The van der Waals surface area contributed by atoms with Gasteiger partial charge in [0.2, 0.25) is 0 Å². The van der Waals surface area contributed by atoms with Gasteiger partial charge in [-0.1, -0.05) is 198 Å². The molecule has 4 nitrogen and oxygen atoms in total. The maximum absolute atomic E-state index is 12.6. The summed E-state index contributed by atoms with van der Waals surface area (Å²) in [7, 11) is 0. The Morgan fingerprint density at radius 1 is 0.420 bits per heavy atom. The Bertz CT molecular complexity index is 3250. The molecule has 2 heterocycles. The number of pyridine rings is 1. The normalized spacial score (nSPS) is 12.4. The van der Waals surface area contributed by atoms with Gasteiger partial charge < -0.3 is 5.11 Å². The van der Waals surface area contributed by atoms with Gasteiger partial charge in [-0.2, -0.15) is 0 Å². The highest BCUT2D eigenvalue weighted by molar-refractivity contribution is 7.21. The SMILES string of the molecule is CC(C)(C)c1cc(-c2cc(-c3cc(C(C)(C)C)cc(C(C)(C)C)c3O)nc(N(c3cc(-c4ccccc4)cc(-c4nc5ccccc5s4)c3)c3ccccc3-c3ccccc3)c2)cc(C(C)(C)C)c1. The van der Waals surface area contributed by atoms with Crippen LogP contribution in [0.25, 0.3) is 65.4 Å². The van der Waals surface area contributed by atoms with Gasteiger partial charge >= 0.3 is 0 Å². The Hall–Kier alpha value is -6.82. The standard InChI is InChI=1S/C64H65N3OS/c1-61(2,3)47-32-44(33-48(38-47)62(4,5)6)45-36-55(52-39-49(63(7,8)9)40-53(59(52)68)64(10,11)12)65-58(37-45)67(56-29-21-19-27-51(56)42-25-17-14-18-26-42)50-34-43(41-23-15-13-16-24-41)31-46(35-50)60-66-54-28-20-22-30-57(54)69-60/h13-40,68H,1-12H3. The largest absolute Gasteiger partial charge is 0.507 e. The molecule has 0 bridgehead atoms. The number of thiazole rings is 1. The lowest BCUT2D eigenvalue weighted by Gasteiger charge is -2.30. The molecule has 0 radical (unpaired) electrons. The molecule has 0 amide bonds. The lowest BCUT2D eigenvalue weighted by atomic mass is 9.78. The van der Waals surface area contributed by atoms with Gasteiger partial charge in [0.25, 0.3) is 0 Å². The van der Waals surface area contributed by atoms with Crippen LogP contribution in [0.3, 0.4) is 0 Å². The van der Waals surface area contributed by atoms with Crippen molar-refractivity contribution in [2.24, 2.45) is 0 Å². The molecule has 0 saturated carbocycles. The monoisotopic (exact) mass is 923 g/mol. The number of hydrogen-bond acceptors (Lipinski definition) is 5. The number of phenols is 1. The van der Waals surface area contributed by atoms with Crippen LogP contribution in [0.4, 0.5) is 17.2 Å². The van der Waals surface area contributed by atoms with E-state index in [1.165, 1.54) is 11.1 Å². The first-order valence-corrected chi connectivity index (χ1v) is 25.0. The minimum absolute atomic E-state index is 0.106. The summed E-state index contributed by atoms with van der Waals surface area (Å²) in [6, 6.07) is 60.9. The summed E-state index contributed by atoms with van der Waals surface area (Å²) in [5, 5.41) is 13.6. The molecule has 0 aliphatic heterocycles. The number of anilines is 3. The van der Waals surface area contributed by atoms with E-state index in [-0.39, 0.29) is 27.4 Å². The predicted octanol–water partition coefficient (Wildman–Crippen LogP) is 18.4. The Labute approximate surface area is 414 Å². The van der Waals surface area contributed by atoms with Crippen LogP contribution in [0.2, 0.25) is 0 Å². The van der Waals surface area contributed by atoms with E-state index < -0.39 is 0 Å². The van der Waals surface area contributed by atoms with E-state index in [1.54, 1.807) is 11.3 Å². The highest BCUT2D eigenvalue weighted by atomic mass is 32.1. The van der Waals surface area contributed by atoms with E-state index in [9.17, 15) is 5.11 Å². The van der Waals surface area contributed by atoms with E-state index >= 15 is 0 Å². The Kier molecular flexibility index (Phi) is 12.3. The second kappa shape index (κ2) is 17.9. The highest BCUT2D eigenvalue weighted by Crippen LogP contribution is 2.48. The van der Waals surface area contributed by atoms with Crippen molar-refractivity contribution in [2.75, 3.05) is 4.90 Å². The summed E-state index contributed by atoms with van der Waals surface area (Å²) in [6.45, 7) is 27.0. The zero-order chi connectivity index (χ0) is 49.0. The average molecular weight is 924 g/mol. The van der Waals surface area contributed by atoms with Crippen molar-refractivity contribution >= 4 is 38.7 Å². The molecule has 2 aromatic heterocycles. The molecule has 0 unspecified atom stereocenters. The number of rotatable bonds is 8. The highest BCUT2D eigenvalue weighted by Gasteiger charge is 2.29. The van der Waals surface area contributed by atoms with Gasteiger partial charge in [0, 0.05) is 27.9 Å². The van der Waals surface area contributed by atoms with Gasteiger partial charge in [0.1, 0.15) is 16.6 Å². The molecule has 0 aliphatic rings. The Morgan fingerprint density at radius 2 is 0.957 bits per heavy atom.